The van der Waals surface area contributed by atoms with Gasteiger partial charge in [0.2, 0.25) is 0 Å². The van der Waals surface area contributed by atoms with Crippen LogP contribution in [-0.4, -0.2) is 17.0 Å². The van der Waals surface area contributed by atoms with Crippen molar-refractivity contribution >= 4 is 11.9 Å². The number of ether oxygens (including phenoxy) is 1. The van der Waals surface area contributed by atoms with Gasteiger partial charge in [-0.05, 0) is 0 Å². The van der Waals surface area contributed by atoms with Gasteiger partial charge in [-0.1, -0.05) is 6.58 Å². The molecule has 0 aromatic carbocycles. The number of carboxylic acids is 1. The Balaban J connectivity index is 3.53. The molecule has 62 valence electrons. The highest BCUT2D eigenvalue weighted by molar-refractivity contribution is 5.68. The molecule has 4 heteroatoms. The molecule has 4 nitrogen and oxygen atoms in total. The Morgan fingerprint density at radius 2 is 2.00 bits per heavy atom. The van der Waals surface area contributed by atoms with E-state index in [2.05, 4.69) is 11.3 Å². The highest BCUT2D eigenvalue weighted by Gasteiger charge is 2.02. The summed E-state index contributed by atoms with van der Waals surface area (Å²) in [5, 5.41) is 8.21. The van der Waals surface area contributed by atoms with E-state index >= 15 is 0 Å². The molecule has 0 heterocycles. The number of rotatable bonds is 4. The van der Waals surface area contributed by atoms with Crippen LogP contribution in [0.15, 0.2) is 12.3 Å². The van der Waals surface area contributed by atoms with E-state index < -0.39 is 11.9 Å². The maximum absolute atomic E-state index is 10.3. The number of carbonyl (C=O) groups is 2. The van der Waals surface area contributed by atoms with Crippen LogP contribution in [0.3, 0.4) is 0 Å². The van der Waals surface area contributed by atoms with E-state index in [-0.39, 0.29) is 18.6 Å². The first-order valence-corrected chi connectivity index (χ1v) is 3.10. The Hall–Kier alpha value is -1.32. The number of hydrogen-bond acceptors (Lipinski definition) is 3. The highest BCUT2D eigenvalue weighted by atomic mass is 16.5. The summed E-state index contributed by atoms with van der Waals surface area (Å²) in [6.07, 6.45) is 0.112. The highest BCUT2D eigenvalue weighted by Crippen LogP contribution is 2.03. The van der Waals surface area contributed by atoms with Gasteiger partial charge >= 0.3 is 11.9 Å². The molecule has 0 saturated carbocycles. The van der Waals surface area contributed by atoms with Gasteiger partial charge in [0.1, 0.15) is 5.76 Å². The molecule has 0 saturated heterocycles. The fraction of sp³-hybridized carbons (Fsp3) is 0.429. The lowest BCUT2D eigenvalue weighted by Crippen LogP contribution is -2.01. The SMILES string of the molecule is C=C(CCC(=O)O)OC(C)=O. The molecule has 0 rings (SSSR count). The van der Waals surface area contributed by atoms with E-state index in [9.17, 15) is 9.59 Å². The molecule has 0 aliphatic carbocycles. The van der Waals surface area contributed by atoms with Gasteiger partial charge in [0.05, 0.1) is 6.42 Å². The van der Waals surface area contributed by atoms with Crippen molar-refractivity contribution in [2.75, 3.05) is 0 Å². The van der Waals surface area contributed by atoms with Gasteiger partial charge in [0, 0.05) is 13.3 Å². The van der Waals surface area contributed by atoms with Crippen molar-refractivity contribution in [3.8, 4) is 0 Å². The minimum atomic E-state index is -0.932. The average Bonchev–Trinajstić information content (AvgIpc) is 1.82. The maximum atomic E-state index is 10.3. The fourth-order valence-corrected chi connectivity index (χ4v) is 0.501. The number of carbonyl (C=O) groups excluding carboxylic acids is 1. The lowest BCUT2D eigenvalue weighted by Gasteiger charge is -2.01. The number of aliphatic carboxylic acids is 1. The Labute approximate surface area is 64.5 Å². The zero-order chi connectivity index (χ0) is 8.85. The summed E-state index contributed by atoms with van der Waals surface area (Å²) in [7, 11) is 0. The van der Waals surface area contributed by atoms with Crippen molar-refractivity contribution in [3.05, 3.63) is 12.3 Å². The Kier molecular flexibility index (Phi) is 3.95. The molecule has 0 radical (unpaired) electrons. The second-order valence-electron chi connectivity index (χ2n) is 2.03. The van der Waals surface area contributed by atoms with Crippen LogP contribution in [0.5, 0.6) is 0 Å². The van der Waals surface area contributed by atoms with Crippen molar-refractivity contribution < 1.29 is 19.4 Å². The Morgan fingerprint density at radius 3 is 2.36 bits per heavy atom. The predicted octanol–water partition coefficient (Wildman–Crippen LogP) is 0.928. The summed E-state index contributed by atoms with van der Waals surface area (Å²) in [5.41, 5.74) is 0. The van der Waals surface area contributed by atoms with Gasteiger partial charge < -0.3 is 9.84 Å². The van der Waals surface area contributed by atoms with Crippen LogP contribution >= 0.6 is 0 Å². The predicted molar refractivity (Wildman–Crippen MR) is 37.8 cm³/mol. The molecule has 0 spiro atoms. The molecule has 0 aromatic rings. The summed E-state index contributed by atoms with van der Waals surface area (Å²) in [6, 6.07) is 0. The Bertz CT molecular complexity index is 183. The second kappa shape index (κ2) is 4.49. The summed E-state index contributed by atoms with van der Waals surface area (Å²) in [4.78, 5) is 20.3. The van der Waals surface area contributed by atoms with E-state index in [4.69, 9.17) is 5.11 Å². The van der Waals surface area contributed by atoms with Gasteiger partial charge in [0.15, 0.2) is 0 Å². The topological polar surface area (TPSA) is 63.6 Å². The first-order chi connectivity index (χ1) is 5.02. The van der Waals surface area contributed by atoms with Crippen LogP contribution in [0.25, 0.3) is 0 Å². The third-order valence-corrected chi connectivity index (χ3v) is 0.906. The molecule has 0 bridgehead atoms. The van der Waals surface area contributed by atoms with E-state index in [0.717, 1.165) is 0 Å². The van der Waals surface area contributed by atoms with E-state index in [1.165, 1.54) is 6.92 Å². The average molecular weight is 158 g/mol. The van der Waals surface area contributed by atoms with E-state index in [1.807, 2.05) is 0 Å². The third-order valence-electron chi connectivity index (χ3n) is 0.906. The second-order valence-corrected chi connectivity index (χ2v) is 2.03. The van der Waals surface area contributed by atoms with Crippen molar-refractivity contribution in [2.24, 2.45) is 0 Å². The van der Waals surface area contributed by atoms with E-state index in [0.29, 0.717) is 0 Å². The van der Waals surface area contributed by atoms with Crippen LogP contribution in [0.2, 0.25) is 0 Å². The van der Waals surface area contributed by atoms with Crippen molar-refractivity contribution in [3.63, 3.8) is 0 Å². The summed E-state index contributed by atoms with van der Waals surface area (Å²) in [5.74, 6) is -1.21. The van der Waals surface area contributed by atoms with Crippen LogP contribution < -0.4 is 0 Å². The van der Waals surface area contributed by atoms with Crippen molar-refractivity contribution in [1.29, 1.82) is 0 Å². The first kappa shape index (κ1) is 9.68. The van der Waals surface area contributed by atoms with Gasteiger partial charge in [0.25, 0.3) is 0 Å². The normalized spacial score (nSPS) is 8.82. The van der Waals surface area contributed by atoms with Crippen LogP contribution in [0, 0.1) is 0 Å². The zero-order valence-electron chi connectivity index (χ0n) is 6.29. The van der Waals surface area contributed by atoms with Crippen LogP contribution in [0.1, 0.15) is 19.8 Å². The molecule has 0 aliphatic heterocycles. The molecule has 0 atom stereocenters. The minimum Gasteiger partial charge on any atom is -0.481 e. The Morgan fingerprint density at radius 1 is 1.45 bits per heavy atom. The van der Waals surface area contributed by atoms with Crippen LogP contribution in [0.4, 0.5) is 0 Å². The lowest BCUT2D eigenvalue weighted by atomic mass is 10.3. The molecule has 1 N–H and O–H groups in total. The number of carboxylic acid groups (broad SMARTS) is 1. The van der Waals surface area contributed by atoms with Gasteiger partial charge in [-0.25, -0.2) is 0 Å². The van der Waals surface area contributed by atoms with Gasteiger partial charge in [-0.15, -0.1) is 0 Å². The fourth-order valence-electron chi connectivity index (χ4n) is 0.501. The smallest absolute Gasteiger partial charge is 0.307 e. The molecule has 0 aromatic heterocycles. The lowest BCUT2D eigenvalue weighted by molar-refractivity contribution is -0.140. The molecule has 0 aliphatic rings. The maximum Gasteiger partial charge on any atom is 0.307 e. The van der Waals surface area contributed by atoms with Gasteiger partial charge in [-0.3, -0.25) is 9.59 Å². The van der Waals surface area contributed by atoms with Crippen molar-refractivity contribution in [2.45, 2.75) is 19.8 Å². The summed E-state index contributed by atoms with van der Waals surface area (Å²) in [6.45, 7) is 4.60. The summed E-state index contributed by atoms with van der Waals surface area (Å²) < 4.78 is 4.50. The molecule has 0 amide bonds. The van der Waals surface area contributed by atoms with Crippen LogP contribution in [-0.2, 0) is 14.3 Å². The minimum absolute atomic E-state index is 0.0634. The quantitative estimate of drug-likeness (QED) is 0.488. The summed E-state index contributed by atoms with van der Waals surface area (Å²) >= 11 is 0. The van der Waals surface area contributed by atoms with Crippen molar-refractivity contribution in [1.82, 2.24) is 0 Å². The molecule has 11 heavy (non-hydrogen) atoms. The molecule has 0 unspecified atom stereocenters. The molecule has 0 fully saturated rings. The number of esters is 1. The number of allylic oxidation sites excluding steroid dienone is 1. The third kappa shape index (κ3) is 6.57. The zero-order valence-corrected chi connectivity index (χ0v) is 6.29. The largest absolute Gasteiger partial charge is 0.481 e. The number of hydrogen-bond donors (Lipinski definition) is 1. The standard InChI is InChI=1S/C7H10O4/c1-5(11-6(2)8)3-4-7(9)10/h1,3-4H2,2H3,(H,9,10). The molecular formula is C7H10O4. The molecular weight excluding hydrogens is 148 g/mol. The first-order valence-electron chi connectivity index (χ1n) is 3.10. The monoisotopic (exact) mass is 158 g/mol. The van der Waals surface area contributed by atoms with Gasteiger partial charge in [-0.2, -0.15) is 0 Å². The van der Waals surface area contributed by atoms with E-state index in [1.54, 1.807) is 0 Å².